The van der Waals surface area contributed by atoms with E-state index in [9.17, 15) is 9.59 Å². The van der Waals surface area contributed by atoms with E-state index in [1.807, 2.05) is 29.2 Å². The van der Waals surface area contributed by atoms with Gasteiger partial charge in [0.25, 0.3) is 0 Å². The standard InChI is InChI=1S/C20H28N2O3/c1-13(2)10-21-19(23)18-12-22(20(24)15-4-5-15)11-17(18)14-6-8-16(25-3)9-7-14/h6-9,13,15,17-18H,4-5,10-12H2,1-3H3,(H,21,23). The zero-order valence-electron chi connectivity index (χ0n) is 15.3. The van der Waals surface area contributed by atoms with Crippen molar-refractivity contribution >= 4 is 11.8 Å². The van der Waals surface area contributed by atoms with E-state index in [-0.39, 0.29) is 29.6 Å². The number of carbonyl (C=O) groups excluding carboxylic acids is 2. The molecule has 3 rings (SSSR count). The Bertz CT molecular complexity index is 622. The maximum absolute atomic E-state index is 12.7. The predicted molar refractivity (Wildman–Crippen MR) is 96.4 cm³/mol. The van der Waals surface area contributed by atoms with Gasteiger partial charge in [-0.25, -0.2) is 0 Å². The lowest BCUT2D eigenvalue weighted by Gasteiger charge is -2.19. The number of rotatable bonds is 6. The van der Waals surface area contributed by atoms with Crippen LogP contribution in [0.25, 0.3) is 0 Å². The van der Waals surface area contributed by atoms with E-state index in [0.29, 0.717) is 25.6 Å². The summed E-state index contributed by atoms with van der Waals surface area (Å²) >= 11 is 0. The average molecular weight is 344 g/mol. The first-order chi connectivity index (χ1) is 12.0. The summed E-state index contributed by atoms with van der Waals surface area (Å²) in [6, 6.07) is 7.86. The zero-order valence-corrected chi connectivity index (χ0v) is 15.3. The van der Waals surface area contributed by atoms with Crippen LogP contribution in [0.3, 0.4) is 0 Å². The maximum Gasteiger partial charge on any atom is 0.225 e. The van der Waals surface area contributed by atoms with Crippen molar-refractivity contribution in [3.05, 3.63) is 29.8 Å². The Hall–Kier alpha value is -2.04. The monoisotopic (exact) mass is 344 g/mol. The highest BCUT2D eigenvalue weighted by atomic mass is 16.5. The second kappa shape index (κ2) is 7.46. The summed E-state index contributed by atoms with van der Waals surface area (Å²) in [7, 11) is 1.64. The summed E-state index contributed by atoms with van der Waals surface area (Å²) in [5.41, 5.74) is 1.09. The SMILES string of the molecule is COc1ccc(C2CN(C(=O)C3CC3)CC2C(=O)NCC(C)C)cc1. The van der Waals surface area contributed by atoms with E-state index >= 15 is 0 Å². The molecule has 2 atom stereocenters. The molecule has 1 aromatic rings. The minimum atomic E-state index is -0.185. The molecule has 5 nitrogen and oxygen atoms in total. The van der Waals surface area contributed by atoms with Crippen LogP contribution >= 0.6 is 0 Å². The van der Waals surface area contributed by atoms with Gasteiger partial charge in [0, 0.05) is 31.5 Å². The molecule has 1 heterocycles. The topological polar surface area (TPSA) is 58.6 Å². The third-order valence-corrected chi connectivity index (χ3v) is 5.12. The molecule has 0 spiro atoms. The molecule has 2 fully saturated rings. The molecule has 1 aromatic carbocycles. The van der Waals surface area contributed by atoms with Crippen molar-refractivity contribution in [3.63, 3.8) is 0 Å². The number of hydrogen-bond acceptors (Lipinski definition) is 3. The number of likely N-dealkylation sites (tertiary alicyclic amines) is 1. The highest BCUT2D eigenvalue weighted by Crippen LogP contribution is 2.38. The van der Waals surface area contributed by atoms with Gasteiger partial charge in [0.05, 0.1) is 13.0 Å². The normalized spacial score (nSPS) is 23.0. The van der Waals surface area contributed by atoms with Crippen molar-refractivity contribution in [2.45, 2.75) is 32.6 Å². The van der Waals surface area contributed by atoms with Gasteiger partial charge in [0.2, 0.25) is 11.8 Å². The minimum Gasteiger partial charge on any atom is -0.497 e. The molecule has 1 saturated carbocycles. The highest BCUT2D eigenvalue weighted by molar-refractivity contribution is 5.85. The van der Waals surface area contributed by atoms with Crippen LogP contribution in [-0.4, -0.2) is 43.5 Å². The molecule has 2 unspecified atom stereocenters. The largest absolute Gasteiger partial charge is 0.497 e. The van der Waals surface area contributed by atoms with E-state index < -0.39 is 0 Å². The summed E-state index contributed by atoms with van der Waals surface area (Å²) in [5, 5.41) is 3.05. The van der Waals surface area contributed by atoms with Gasteiger partial charge in [-0.1, -0.05) is 26.0 Å². The number of methoxy groups -OCH3 is 1. The van der Waals surface area contributed by atoms with Crippen LogP contribution in [0.1, 0.15) is 38.2 Å². The van der Waals surface area contributed by atoms with Crippen molar-refractivity contribution in [3.8, 4) is 5.75 Å². The Morgan fingerprint density at radius 2 is 1.88 bits per heavy atom. The van der Waals surface area contributed by atoms with E-state index in [1.165, 1.54) is 0 Å². The molecule has 1 aliphatic heterocycles. The molecule has 1 aliphatic carbocycles. The van der Waals surface area contributed by atoms with E-state index in [2.05, 4.69) is 19.2 Å². The van der Waals surface area contributed by atoms with Crippen LogP contribution in [-0.2, 0) is 9.59 Å². The molecule has 1 saturated heterocycles. The van der Waals surface area contributed by atoms with Crippen LogP contribution in [0.15, 0.2) is 24.3 Å². The summed E-state index contributed by atoms with van der Waals surface area (Å²) in [6.07, 6.45) is 1.99. The highest BCUT2D eigenvalue weighted by Gasteiger charge is 2.43. The molecule has 2 aliphatic rings. The van der Waals surface area contributed by atoms with Gasteiger partial charge in [-0.2, -0.15) is 0 Å². The summed E-state index contributed by atoms with van der Waals surface area (Å²) in [4.78, 5) is 27.1. The van der Waals surface area contributed by atoms with E-state index in [0.717, 1.165) is 24.2 Å². The fraction of sp³-hybridized carbons (Fsp3) is 0.600. The Labute approximate surface area is 149 Å². The molecular formula is C20H28N2O3. The molecule has 0 radical (unpaired) electrons. The first kappa shape index (κ1) is 17.8. The molecule has 2 amide bonds. The molecule has 0 bridgehead atoms. The lowest BCUT2D eigenvalue weighted by molar-refractivity contribution is -0.132. The van der Waals surface area contributed by atoms with Gasteiger partial charge in [-0.15, -0.1) is 0 Å². The summed E-state index contributed by atoms with van der Waals surface area (Å²) in [6.45, 7) is 5.98. The van der Waals surface area contributed by atoms with Gasteiger partial charge in [0.1, 0.15) is 5.75 Å². The molecule has 5 heteroatoms. The predicted octanol–water partition coefficient (Wildman–Crippen LogP) is 2.42. The summed E-state index contributed by atoms with van der Waals surface area (Å²) in [5.74, 6) is 1.53. The molecule has 1 N–H and O–H groups in total. The number of nitrogens with zero attached hydrogens (tertiary/aromatic N) is 1. The summed E-state index contributed by atoms with van der Waals surface area (Å²) < 4.78 is 5.23. The smallest absolute Gasteiger partial charge is 0.225 e. The third-order valence-electron chi connectivity index (χ3n) is 5.12. The lowest BCUT2D eigenvalue weighted by atomic mass is 9.88. The van der Waals surface area contributed by atoms with Crippen LogP contribution in [0.4, 0.5) is 0 Å². The Morgan fingerprint density at radius 3 is 2.44 bits per heavy atom. The lowest BCUT2D eigenvalue weighted by Crippen LogP contribution is -2.37. The van der Waals surface area contributed by atoms with Gasteiger partial charge in [-0.3, -0.25) is 9.59 Å². The second-order valence-electron chi connectivity index (χ2n) is 7.64. The fourth-order valence-corrected chi connectivity index (χ4v) is 3.46. The number of ether oxygens (including phenoxy) is 1. The first-order valence-corrected chi connectivity index (χ1v) is 9.20. The molecule has 136 valence electrons. The maximum atomic E-state index is 12.7. The Balaban J connectivity index is 1.77. The van der Waals surface area contributed by atoms with Crippen molar-refractivity contribution in [2.75, 3.05) is 26.7 Å². The Kier molecular flexibility index (Phi) is 5.30. The van der Waals surface area contributed by atoms with Gasteiger partial charge >= 0.3 is 0 Å². The molecular weight excluding hydrogens is 316 g/mol. The number of nitrogens with one attached hydrogen (secondary N) is 1. The second-order valence-corrected chi connectivity index (χ2v) is 7.64. The number of amides is 2. The number of benzene rings is 1. The zero-order chi connectivity index (χ0) is 18.0. The van der Waals surface area contributed by atoms with Crippen molar-refractivity contribution < 1.29 is 14.3 Å². The number of hydrogen-bond donors (Lipinski definition) is 1. The van der Waals surface area contributed by atoms with Crippen LogP contribution in [0, 0.1) is 17.8 Å². The van der Waals surface area contributed by atoms with Gasteiger partial charge in [0.15, 0.2) is 0 Å². The van der Waals surface area contributed by atoms with Crippen molar-refractivity contribution in [2.24, 2.45) is 17.8 Å². The van der Waals surface area contributed by atoms with Crippen LogP contribution in [0.5, 0.6) is 5.75 Å². The fourth-order valence-electron chi connectivity index (χ4n) is 3.46. The number of carbonyl (C=O) groups is 2. The van der Waals surface area contributed by atoms with Gasteiger partial charge in [-0.05, 0) is 36.5 Å². The average Bonchev–Trinajstić information content (AvgIpc) is 3.37. The van der Waals surface area contributed by atoms with Crippen molar-refractivity contribution in [1.82, 2.24) is 10.2 Å². The van der Waals surface area contributed by atoms with Gasteiger partial charge < -0.3 is 15.0 Å². The quantitative estimate of drug-likeness (QED) is 0.862. The van der Waals surface area contributed by atoms with Crippen molar-refractivity contribution in [1.29, 1.82) is 0 Å². The Morgan fingerprint density at radius 1 is 1.20 bits per heavy atom. The van der Waals surface area contributed by atoms with Crippen LogP contribution < -0.4 is 10.1 Å². The third kappa shape index (κ3) is 4.14. The first-order valence-electron chi connectivity index (χ1n) is 9.20. The van der Waals surface area contributed by atoms with E-state index in [1.54, 1.807) is 7.11 Å². The van der Waals surface area contributed by atoms with E-state index in [4.69, 9.17) is 4.74 Å². The minimum absolute atomic E-state index is 0.0424. The molecule has 25 heavy (non-hydrogen) atoms. The van der Waals surface area contributed by atoms with Crippen LogP contribution in [0.2, 0.25) is 0 Å². The molecule has 0 aromatic heterocycles.